The largest absolute Gasteiger partial charge is 0.465 e. The number of benzene rings is 1. The molecule has 19 heavy (non-hydrogen) atoms. The van der Waals surface area contributed by atoms with Gasteiger partial charge in [-0.3, -0.25) is 5.32 Å². The first-order valence-corrected chi connectivity index (χ1v) is 6.42. The number of esters is 1. The predicted molar refractivity (Wildman–Crippen MR) is 71.8 cm³/mol. The van der Waals surface area contributed by atoms with Crippen molar-refractivity contribution in [3.63, 3.8) is 0 Å². The Labute approximate surface area is 114 Å². The van der Waals surface area contributed by atoms with Gasteiger partial charge in [-0.15, -0.1) is 0 Å². The number of halogens is 1. The summed E-state index contributed by atoms with van der Waals surface area (Å²) in [6, 6.07) is 2.50. The lowest BCUT2D eigenvalue weighted by Gasteiger charge is -2.07. The van der Waals surface area contributed by atoms with E-state index in [9.17, 15) is 9.18 Å². The minimum absolute atomic E-state index is 0.113. The Morgan fingerprint density at radius 3 is 2.79 bits per heavy atom. The molecule has 1 aromatic rings. The highest BCUT2D eigenvalue weighted by atomic mass is 32.2. The van der Waals surface area contributed by atoms with Crippen molar-refractivity contribution in [3.8, 4) is 6.19 Å². The number of nitriles is 1. The molecule has 0 amide bonds. The fraction of sp³-hybridized carbons (Fsp3) is 0.250. The molecule has 1 N–H and O–H groups in total. The van der Waals surface area contributed by atoms with Crippen molar-refractivity contribution in [2.24, 2.45) is 4.99 Å². The van der Waals surface area contributed by atoms with Crippen molar-refractivity contribution >= 4 is 28.6 Å². The lowest BCUT2D eigenvalue weighted by Crippen LogP contribution is -2.13. The van der Waals surface area contributed by atoms with Gasteiger partial charge in [0, 0.05) is 6.07 Å². The molecule has 0 spiro atoms. The van der Waals surface area contributed by atoms with E-state index < -0.39 is 11.8 Å². The van der Waals surface area contributed by atoms with Crippen LogP contribution in [0.1, 0.15) is 15.9 Å². The summed E-state index contributed by atoms with van der Waals surface area (Å²) in [6.07, 6.45) is 3.42. The van der Waals surface area contributed by atoms with Crippen LogP contribution in [0.3, 0.4) is 0 Å². The number of aliphatic imine (C=N–C) groups is 1. The Hall–Kier alpha value is -2.07. The van der Waals surface area contributed by atoms with Crippen molar-refractivity contribution in [1.29, 1.82) is 5.26 Å². The Bertz CT molecular complexity index is 567. The highest BCUT2D eigenvalue weighted by Crippen LogP contribution is 2.25. The molecule has 7 heteroatoms. The lowest BCUT2D eigenvalue weighted by atomic mass is 10.1. The normalized spacial score (nSPS) is 10.8. The summed E-state index contributed by atoms with van der Waals surface area (Å²) in [5.41, 5.74) is 0.577. The van der Waals surface area contributed by atoms with E-state index in [-0.39, 0.29) is 16.4 Å². The van der Waals surface area contributed by atoms with E-state index in [2.05, 4.69) is 15.0 Å². The number of rotatable bonds is 2. The van der Waals surface area contributed by atoms with Crippen LogP contribution in [0.4, 0.5) is 10.1 Å². The predicted octanol–water partition coefficient (Wildman–Crippen LogP) is 2.34. The van der Waals surface area contributed by atoms with Crippen LogP contribution in [0.2, 0.25) is 0 Å². The maximum atomic E-state index is 13.6. The van der Waals surface area contributed by atoms with Gasteiger partial charge in [0.05, 0.1) is 18.4 Å². The summed E-state index contributed by atoms with van der Waals surface area (Å²) in [7, 11) is 1.23. The Morgan fingerprint density at radius 2 is 2.26 bits per heavy atom. The van der Waals surface area contributed by atoms with E-state index in [1.54, 1.807) is 12.4 Å². The second-order valence-electron chi connectivity index (χ2n) is 3.47. The summed E-state index contributed by atoms with van der Waals surface area (Å²) >= 11 is 1.17. The van der Waals surface area contributed by atoms with Gasteiger partial charge in [0.15, 0.2) is 11.4 Å². The summed E-state index contributed by atoms with van der Waals surface area (Å²) < 4.78 is 18.2. The molecule has 0 saturated heterocycles. The maximum Gasteiger partial charge on any atom is 0.340 e. The molecule has 5 nitrogen and oxygen atoms in total. The summed E-state index contributed by atoms with van der Waals surface area (Å²) in [5, 5.41) is 11.2. The molecule has 1 aromatic carbocycles. The number of thioether (sulfide) groups is 1. The first kappa shape index (κ1) is 15.0. The maximum absolute atomic E-state index is 13.6. The molecular formula is C12H12FN3O2S. The van der Waals surface area contributed by atoms with Crippen LogP contribution in [0.5, 0.6) is 0 Å². The van der Waals surface area contributed by atoms with Crippen molar-refractivity contribution in [3.05, 3.63) is 29.1 Å². The molecule has 0 radical (unpaired) electrons. The van der Waals surface area contributed by atoms with Crippen molar-refractivity contribution in [2.45, 2.75) is 6.92 Å². The van der Waals surface area contributed by atoms with Crippen molar-refractivity contribution in [2.75, 3.05) is 13.4 Å². The highest BCUT2D eigenvalue weighted by molar-refractivity contribution is 8.13. The molecule has 0 heterocycles. The SMILES string of the molecule is COC(=O)c1cc(C)c(F)cc1N=C(NC#N)SC. The molecule has 0 aliphatic carbocycles. The van der Waals surface area contributed by atoms with Crippen molar-refractivity contribution in [1.82, 2.24) is 5.32 Å². The lowest BCUT2D eigenvalue weighted by molar-refractivity contribution is 0.0601. The molecular weight excluding hydrogens is 269 g/mol. The molecule has 0 aliphatic heterocycles. The summed E-state index contributed by atoms with van der Waals surface area (Å²) in [4.78, 5) is 15.7. The number of hydrogen-bond donors (Lipinski definition) is 1. The van der Waals surface area contributed by atoms with Gasteiger partial charge in [0.25, 0.3) is 0 Å². The zero-order chi connectivity index (χ0) is 14.4. The third-order valence-corrected chi connectivity index (χ3v) is 2.84. The molecule has 0 fully saturated rings. The van der Waals surface area contributed by atoms with Gasteiger partial charge in [0.2, 0.25) is 0 Å². The number of methoxy groups -OCH3 is 1. The average Bonchev–Trinajstić information content (AvgIpc) is 2.41. The van der Waals surface area contributed by atoms with Crippen LogP contribution in [-0.4, -0.2) is 24.5 Å². The molecule has 0 saturated carbocycles. The smallest absolute Gasteiger partial charge is 0.340 e. The first-order chi connectivity index (χ1) is 9.03. The minimum atomic E-state index is -0.612. The van der Waals surface area contributed by atoms with Gasteiger partial charge in [-0.05, 0) is 24.8 Å². The van der Waals surface area contributed by atoms with Gasteiger partial charge < -0.3 is 4.74 Å². The second kappa shape index (κ2) is 6.75. The molecule has 0 atom stereocenters. The van der Waals surface area contributed by atoms with Crippen LogP contribution in [-0.2, 0) is 4.74 Å². The van der Waals surface area contributed by atoms with Crippen LogP contribution in [0.25, 0.3) is 0 Å². The molecule has 0 aliphatic rings. The standard InChI is InChI=1S/C12H12FN3O2S/c1-7-4-8(11(17)18-2)10(5-9(7)13)16-12(19-3)15-6-14/h4-5H,1-3H3,(H,15,16). The minimum Gasteiger partial charge on any atom is -0.465 e. The van der Waals surface area contributed by atoms with Crippen molar-refractivity contribution < 1.29 is 13.9 Å². The van der Waals surface area contributed by atoms with Crippen LogP contribution >= 0.6 is 11.8 Å². The first-order valence-electron chi connectivity index (χ1n) is 5.19. The number of carbonyl (C=O) groups is 1. The fourth-order valence-electron chi connectivity index (χ4n) is 1.32. The fourth-order valence-corrected chi connectivity index (χ4v) is 1.66. The Kier molecular flexibility index (Phi) is 5.33. The number of aryl methyl sites for hydroxylation is 1. The van der Waals surface area contributed by atoms with Gasteiger partial charge in [-0.25, -0.2) is 14.2 Å². The van der Waals surface area contributed by atoms with Crippen LogP contribution in [0, 0.1) is 24.2 Å². The monoisotopic (exact) mass is 281 g/mol. The van der Waals surface area contributed by atoms with E-state index in [4.69, 9.17) is 5.26 Å². The van der Waals surface area contributed by atoms with E-state index >= 15 is 0 Å². The van der Waals surface area contributed by atoms with E-state index in [1.165, 1.54) is 31.9 Å². The summed E-state index contributed by atoms with van der Waals surface area (Å²) in [5.74, 6) is -1.09. The molecule has 0 bridgehead atoms. The van der Waals surface area contributed by atoms with Gasteiger partial charge in [0.1, 0.15) is 5.82 Å². The van der Waals surface area contributed by atoms with E-state index in [1.807, 2.05) is 0 Å². The number of amidine groups is 1. The third-order valence-electron chi connectivity index (χ3n) is 2.26. The Balaban J connectivity index is 3.36. The van der Waals surface area contributed by atoms with Gasteiger partial charge in [-0.2, -0.15) is 5.26 Å². The molecule has 100 valence electrons. The zero-order valence-corrected chi connectivity index (χ0v) is 11.5. The van der Waals surface area contributed by atoms with E-state index in [0.717, 1.165) is 6.07 Å². The molecule has 1 rings (SSSR count). The number of nitrogens with zero attached hydrogens (tertiary/aromatic N) is 2. The van der Waals surface area contributed by atoms with Crippen LogP contribution < -0.4 is 5.32 Å². The van der Waals surface area contributed by atoms with E-state index in [0.29, 0.717) is 5.56 Å². The number of ether oxygens (including phenoxy) is 1. The van der Waals surface area contributed by atoms with Gasteiger partial charge in [-0.1, -0.05) is 11.8 Å². The summed E-state index contributed by atoms with van der Waals surface area (Å²) in [6.45, 7) is 1.54. The average molecular weight is 281 g/mol. The Morgan fingerprint density at radius 1 is 1.58 bits per heavy atom. The zero-order valence-electron chi connectivity index (χ0n) is 10.7. The third kappa shape index (κ3) is 3.69. The number of nitrogens with one attached hydrogen (secondary N) is 1. The topological polar surface area (TPSA) is 74.5 Å². The quantitative estimate of drug-likeness (QED) is 0.296. The highest BCUT2D eigenvalue weighted by Gasteiger charge is 2.15. The number of carbonyl (C=O) groups excluding carboxylic acids is 1. The number of hydrogen-bond acceptors (Lipinski definition) is 5. The van der Waals surface area contributed by atoms with Gasteiger partial charge >= 0.3 is 5.97 Å². The molecule has 0 aromatic heterocycles. The molecule has 0 unspecified atom stereocenters. The van der Waals surface area contributed by atoms with Crippen LogP contribution in [0.15, 0.2) is 17.1 Å². The second-order valence-corrected chi connectivity index (χ2v) is 4.26.